The van der Waals surface area contributed by atoms with Crippen LogP contribution in [0.15, 0.2) is 24.3 Å². The van der Waals surface area contributed by atoms with E-state index >= 15 is 0 Å². The van der Waals surface area contributed by atoms with Gasteiger partial charge in [-0.2, -0.15) is 5.01 Å². The highest BCUT2D eigenvalue weighted by molar-refractivity contribution is 7.80. The normalized spacial score (nSPS) is 20.2. The van der Waals surface area contributed by atoms with Gasteiger partial charge in [-0.15, -0.1) is 0 Å². The van der Waals surface area contributed by atoms with E-state index in [1.54, 1.807) is 38.3 Å². The number of hydrogen-bond acceptors (Lipinski definition) is 4. The van der Waals surface area contributed by atoms with E-state index in [4.69, 9.17) is 17.0 Å². The molecule has 0 radical (unpaired) electrons. The van der Waals surface area contributed by atoms with Gasteiger partial charge in [0.2, 0.25) is 0 Å². The van der Waals surface area contributed by atoms with Gasteiger partial charge in [-0.25, -0.2) is 4.79 Å². The van der Waals surface area contributed by atoms with Gasteiger partial charge in [0.1, 0.15) is 11.3 Å². The zero-order chi connectivity index (χ0) is 17.0. The van der Waals surface area contributed by atoms with Gasteiger partial charge >= 0.3 is 6.03 Å². The van der Waals surface area contributed by atoms with Gasteiger partial charge in [-0.1, -0.05) is 19.1 Å². The minimum Gasteiger partial charge on any atom is -0.497 e. The molecule has 3 N–H and O–H groups in total. The minimum absolute atomic E-state index is 0.227. The van der Waals surface area contributed by atoms with Crippen molar-refractivity contribution in [3.05, 3.63) is 29.8 Å². The van der Waals surface area contributed by atoms with E-state index in [2.05, 4.69) is 16.1 Å². The summed E-state index contributed by atoms with van der Waals surface area (Å²) >= 11 is 5.08. The molecule has 8 heteroatoms. The summed E-state index contributed by atoms with van der Waals surface area (Å²) in [5.41, 5.74) is 2.08. The Morgan fingerprint density at radius 2 is 2.17 bits per heavy atom. The fourth-order valence-electron chi connectivity index (χ4n) is 2.25. The quantitative estimate of drug-likeness (QED) is 0.555. The molecule has 0 bridgehead atoms. The van der Waals surface area contributed by atoms with Crippen LogP contribution < -0.4 is 20.8 Å². The van der Waals surface area contributed by atoms with Crippen molar-refractivity contribution in [2.45, 2.75) is 25.8 Å². The molecule has 0 unspecified atom stereocenters. The lowest BCUT2D eigenvalue weighted by Gasteiger charge is -2.23. The first-order chi connectivity index (χ1) is 10.9. The van der Waals surface area contributed by atoms with E-state index in [1.165, 1.54) is 0 Å². The van der Waals surface area contributed by atoms with Gasteiger partial charge in [0, 0.05) is 6.54 Å². The standard InChI is InChI=1S/C15H20N4O3S/c1-4-8-16-13(23)18-19-12(20)15(2,17-14(19)21)10-6-5-7-11(9-10)22-3/h5-7,9H,4,8H2,1-3H3,(H,17,21)(H2,16,18,23)/t15-/m1/s1. The number of nitrogens with zero attached hydrogens (tertiary/aromatic N) is 1. The van der Waals surface area contributed by atoms with Crippen LogP contribution in [0.4, 0.5) is 4.79 Å². The molecular weight excluding hydrogens is 316 g/mol. The lowest BCUT2D eigenvalue weighted by atomic mass is 9.92. The molecule has 1 aliphatic rings. The van der Waals surface area contributed by atoms with Crippen LogP contribution in [-0.4, -0.2) is 35.7 Å². The predicted molar refractivity (Wildman–Crippen MR) is 89.8 cm³/mol. The highest BCUT2D eigenvalue weighted by Gasteiger charge is 2.49. The molecule has 0 aliphatic carbocycles. The van der Waals surface area contributed by atoms with Crippen LogP contribution in [0.5, 0.6) is 5.75 Å². The molecular formula is C15H20N4O3S. The summed E-state index contributed by atoms with van der Waals surface area (Å²) in [4.78, 5) is 24.8. The summed E-state index contributed by atoms with van der Waals surface area (Å²) in [5, 5.41) is 6.72. The summed E-state index contributed by atoms with van der Waals surface area (Å²) in [7, 11) is 1.54. The van der Waals surface area contributed by atoms with Gasteiger partial charge in [0.05, 0.1) is 7.11 Å². The molecule has 3 amide bonds. The molecule has 1 heterocycles. The molecule has 0 saturated carbocycles. The fourth-order valence-corrected chi connectivity index (χ4v) is 2.44. The largest absolute Gasteiger partial charge is 0.497 e. The number of thiocarbonyl (C=S) groups is 1. The topological polar surface area (TPSA) is 82.7 Å². The Labute approximate surface area is 140 Å². The summed E-state index contributed by atoms with van der Waals surface area (Å²) < 4.78 is 5.17. The van der Waals surface area contributed by atoms with Gasteiger partial charge in [-0.05, 0) is 43.3 Å². The van der Waals surface area contributed by atoms with Crippen LogP contribution >= 0.6 is 12.2 Å². The molecule has 1 aliphatic heterocycles. The van der Waals surface area contributed by atoms with E-state index < -0.39 is 17.5 Å². The first-order valence-corrected chi connectivity index (χ1v) is 7.69. The SMILES string of the molecule is CCCNC(=S)NN1C(=O)N[C@](C)(c2cccc(OC)c2)C1=O. The second-order valence-electron chi connectivity index (χ2n) is 5.30. The molecule has 0 spiro atoms. The highest BCUT2D eigenvalue weighted by atomic mass is 32.1. The number of methoxy groups -OCH3 is 1. The Morgan fingerprint density at radius 3 is 2.83 bits per heavy atom. The summed E-state index contributed by atoms with van der Waals surface area (Å²) in [5.74, 6) is 0.175. The van der Waals surface area contributed by atoms with E-state index in [0.717, 1.165) is 11.4 Å². The molecule has 1 aromatic carbocycles. The number of amides is 3. The van der Waals surface area contributed by atoms with E-state index in [9.17, 15) is 9.59 Å². The van der Waals surface area contributed by atoms with E-state index in [0.29, 0.717) is 17.9 Å². The van der Waals surface area contributed by atoms with E-state index in [-0.39, 0.29) is 5.11 Å². The number of urea groups is 1. The second-order valence-corrected chi connectivity index (χ2v) is 5.70. The number of rotatable bonds is 5. The fraction of sp³-hybridized carbons (Fsp3) is 0.400. The second kappa shape index (κ2) is 6.82. The Morgan fingerprint density at radius 1 is 1.43 bits per heavy atom. The van der Waals surface area contributed by atoms with E-state index in [1.807, 2.05) is 6.92 Å². The van der Waals surface area contributed by atoms with Crippen molar-refractivity contribution < 1.29 is 14.3 Å². The van der Waals surface area contributed by atoms with Gasteiger partial charge in [0.25, 0.3) is 5.91 Å². The Hall–Kier alpha value is -2.35. The van der Waals surface area contributed by atoms with Crippen LogP contribution in [-0.2, 0) is 10.3 Å². The highest BCUT2D eigenvalue weighted by Crippen LogP contribution is 2.30. The van der Waals surface area contributed by atoms with Crippen molar-refractivity contribution >= 4 is 29.3 Å². The van der Waals surface area contributed by atoms with Gasteiger partial charge < -0.3 is 15.4 Å². The lowest BCUT2D eigenvalue weighted by molar-refractivity contribution is -0.132. The van der Waals surface area contributed by atoms with Crippen molar-refractivity contribution in [3.63, 3.8) is 0 Å². The summed E-state index contributed by atoms with van der Waals surface area (Å²) in [6.45, 7) is 4.29. The number of imide groups is 1. The number of hydrazine groups is 1. The number of carbonyl (C=O) groups is 2. The van der Waals surface area contributed by atoms with Crippen LogP contribution in [0, 0.1) is 0 Å². The van der Waals surface area contributed by atoms with Gasteiger partial charge in [0.15, 0.2) is 5.11 Å². The average Bonchev–Trinajstić information content (AvgIpc) is 2.77. The molecule has 124 valence electrons. The Kier molecular flexibility index (Phi) is 5.05. The smallest absolute Gasteiger partial charge is 0.344 e. The predicted octanol–water partition coefficient (Wildman–Crippen LogP) is 1.25. The first-order valence-electron chi connectivity index (χ1n) is 7.28. The minimum atomic E-state index is -1.18. The molecule has 1 aromatic rings. The zero-order valence-corrected chi connectivity index (χ0v) is 14.1. The average molecular weight is 336 g/mol. The maximum atomic E-state index is 12.7. The monoisotopic (exact) mass is 336 g/mol. The third kappa shape index (κ3) is 3.37. The number of nitrogens with one attached hydrogen (secondary N) is 3. The summed E-state index contributed by atoms with van der Waals surface area (Å²) in [6, 6.07) is 6.46. The van der Waals surface area contributed by atoms with Crippen molar-refractivity contribution in [1.82, 2.24) is 21.1 Å². The van der Waals surface area contributed by atoms with Crippen LogP contribution in [0.3, 0.4) is 0 Å². The zero-order valence-electron chi connectivity index (χ0n) is 13.3. The van der Waals surface area contributed by atoms with Crippen molar-refractivity contribution in [1.29, 1.82) is 0 Å². The molecule has 0 aromatic heterocycles. The molecule has 1 saturated heterocycles. The Bertz CT molecular complexity index is 637. The third-order valence-electron chi connectivity index (χ3n) is 3.59. The maximum Gasteiger partial charge on any atom is 0.344 e. The molecule has 7 nitrogen and oxygen atoms in total. The van der Waals surface area contributed by atoms with Crippen LogP contribution in [0.2, 0.25) is 0 Å². The van der Waals surface area contributed by atoms with Crippen molar-refractivity contribution in [3.8, 4) is 5.75 Å². The molecule has 23 heavy (non-hydrogen) atoms. The molecule has 1 fully saturated rings. The molecule has 1 atom stereocenters. The van der Waals surface area contributed by atoms with Crippen LogP contribution in [0.25, 0.3) is 0 Å². The van der Waals surface area contributed by atoms with Gasteiger partial charge in [-0.3, -0.25) is 10.2 Å². The first kappa shape index (κ1) is 17.0. The Balaban J connectivity index is 2.20. The van der Waals surface area contributed by atoms with Crippen LogP contribution in [0.1, 0.15) is 25.8 Å². The summed E-state index contributed by atoms with van der Waals surface area (Å²) in [6.07, 6.45) is 0.878. The molecule has 2 rings (SSSR count). The number of hydrogen-bond donors (Lipinski definition) is 3. The third-order valence-corrected chi connectivity index (χ3v) is 3.82. The lowest BCUT2D eigenvalue weighted by Crippen LogP contribution is -2.51. The number of ether oxygens (including phenoxy) is 1. The number of benzene rings is 1. The van der Waals surface area contributed by atoms with Crippen molar-refractivity contribution in [2.75, 3.05) is 13.7 Å². The number of carbonyl (C=O) groups excluding carboxylic acids is 2. The van der Waals surface area contributed by atoms with Crippen molar-refractivity contribution in [2.24, 2.45) is 0 Å². The maximum absolute atomic E-state index is 12.7.